The zero-order valence-electron chi connectivity index (χ0n) is 9.45. The Morgan fingerprint density at radius 2 is 2.12 bits per heavy atom. The van der Waals surface area contributed by atoms with Crippen LogP contribution in [0.4, 0.5) is 5.82 Å². The van der Waals surface area contributed by atoms with Crippen LogP contribution >= 0.6 is 22.6 Å². The van der Waals surface area contributed by atoms with Crippen molar-refractivity contribution in [1.29, 1.82) is 0 Å². The summed E-state index contributed by atoms with van der Waals surface area (Å²) in [5.41, 5.74) is 6.52. The van der Waals surface area contributed by atoms with Gasteiger partial charge in [0.25, 0.3) is 0 Å². The zero-order valence-corrected chi connectivity index (χ0v) is 11.6. The van der Waals surface area contributed by atoms with Crippen molar-refractivity contribution < 1.29 is 9.53 Å². The van der Waals surface area contributed by atoms with Crippen LogP contribution in [0.5, 0.6) is 0 Å². The van der Waals surface area contributed by atoms with Crippen LogP contribution in [-0.4, -0.2) is 23.0 Å². The largest absolute Gasteiger partial charge is 0.463 e. The fraction of sp³-hybridized carbons (Fsp3) is 0.500. The van der Waals surface area contributed by atoms with Gasteiger partial charge in [-0.05, 0) is 34.9 Å². The Morgan fingerprint density at radius 1 is 1.50 bits per heavy atom. The number of methoxy groups -OCH3 is 1. The van der Waals surface area contributed by atoms with E-state index in [0.717, 1.165) is 15.7 Å². The van der Waals surface area contributed by atoms with Gasteiger partial charge in [0.05, 0.1) is 16.4 Å². The average molecular weight is 335 g/mol. The van der Waals surface area contributed by atoms with Gasteiger partial charge in [-0.15, -0.1) is 0 Å². The number of nitrogen functional groups attached to an aromatic ring is 1. The second kappa shape index (κ2) is 5.42. The quantitative estimate of drug-likeness (QED) is 0.671. The van der Waals surface area contributed by atoms with Crippen molar-refractivity contribution in [3.63, 3.8) is 0 Å². The second-order valence-electron chi connectivity index (χ2n) is 3.78. The van der Waals surface area contributed by atoms with Crippen LogP contribution in [0.3, 0.4) is 0 Å². The lowest BCUT2D eigenvalue weighted by molar-refractivity contribution is 0.0586. The van der Waals surface area contributed by atoms with Gasteiger partial charge >= 0.3 is 5.97 Å². The lowest BCUT2D eigenvalue weighted by atomic mass is 10.1. The molecule has 0 saturated carbocycles. The van der Waals surface area contributed by atoms with E-state index in [1.54, 1.807) is 0 Å². The number of aromatic nitrogens is 2. The first-order valence-corrected chi connectivity index (χ1v) is 5.93. The third-order valence-corrected chi connectivity index (χ3v) is 3.09. The molecule has 0 aliphatic heterocycles. The smallest absolute Gasteiger partial charge is 0.376 e. The Kier molecular flexibility index (Phi) is 4.45. The van der Waals surface area contributed by atoms with Crippen LogP contribution in [-0.2, 0) is 11.2 Å². The molecule has 1 rings (SSSR count). The summed E-state index contributed by atoms with van der Waals surface area (Å²) in [4.78, 5) is 19.4. The Labute approximate surface area is 108 Å². The molecule has 1 heterocycles. The molecule has 0 amide bonds. The number of carbonyl (C=O) groups is 1. The van der Waals surface area contributed by atoms with Crippen LogP contribution in [0.25, 0.3) is 0 Å². The molecule has 1 aromatic heterocycles. The van der Waals surface area contributed by atoms with E-state index < -0.39 is 5.97 Å². The van der Waals surface area contributed by atoms with E-state index >= 15 is 0 Å². The Morgan fingerprint density at radius 3 is 2.62 bits per heavy atom. The molecule has 0 fully saturated rings. The molecular weight excluding hydrogens is 321 g/mol. The van der Waals surface area contributed by atoms with Crippen LogP contribution in [0.15, 0.2) is 0 Å². The van der Waals surface area contributed by atoms with Gasteiger partial charge in [0.15, 0.2) is 0 Å². The van der Waals surface area contributed by atoms with E-state index in [1.807, 2.05) is 0 Å². The molecule has 2 N–H and O–H groups in total. The van der Waals surface area contributed by atoms with Crippen molar-refractivity contribution in [2.24, 2.45) is 5.92 Å². The summed E-state index contributed by atoms with van der Waals surface area (Å²) in [7, 11) is 1.29. The maximum Gasteiger partial charge on any atom is 0.376 e. The number of carbonyl (C=O) groups excluding carboxylic acids is 1. The molecule has 0 unspecified atom stereocenters. The van der Waals surface area contributed by atoms with E-state index in [9.17, 15) is 4.79 Å². The number of nitrogens with two attached hydrogens (primary N) is 1. The molecule has 88 valence electrons. The molecule has 0 aliphatic rings. The number of hydrogen-bond donors (Lipinski definition) is 1. The van der Waals surface area contributed by atoms with Crippen LogP contribution in [0.2, 0.25) is 0 Å². The van der Waals surface area contributed by atoms with Crippen molar-refractivity contribution in [1.82, 2.24) is 9.97 Å². The number of esters is 1. The Balaban J connectivity index is 3.16. The summed E-state index contributed by atoms with van der Waals surface area (Å²) in [5, 5.41) is 0. The molecular formula is C10H14IN3O2. The number of ether oxygens (including phenoxy) is 1. The van der Waals surface area contributed by atoms with Gasteiger partial charge in [-0.1, -0.05) is 13.8 Å². The Hall–Kier alpha value is -0.920. The summed E-state index contributed by atoms with van der Waals surface area (Å²) >= 11 is 2.09. The highest BCUT2D eigenvalue weighted by Gasteiger charge is 2.16. The summed E-state index contributed by atoms with van der Waals surface area (Å²) in [6, 6.07) is 0. The SMILES string of the molecule is COC(=O)c1nc(N)c(I)c(CC(C)C)n1. The molecule has 0 spiro atoms. The predicted octanol–water partition coefficient (Wildman–Crippen LogP) is 1.65. The number of hydrogen-bond acceptors (Lipinski definition) is 5. The third kappa shape index (κ3) is 3.03. The molecule has 1 aromatic rings. The molecule has 5 nitrogen and oxygen atoms in total. The molecule has 0 aromatic carbocycles. The number of halogens is 1. The summed E-state index contributed by atoms with van der Waals surface area (Å²) in [6.45, 7) is 4.15. The first kappa shape index (κ1) is 13.1. The summed E-state index contributed by atoms with van der Waals surface area (Å²) in [6.07, 6.45) is 0.759. The van der Waals surface area contributed by atoms with Gasteiger partial charge < -0.3 is 10.5 Å². The summed E-state index contributed by atoms with van der Waals surface area (Å²) < 4.78 is 5.37. The molecule has 0 saturated heterocycles. The van der Waals surface area contributed by atoms with E-state index in [-0.39, 0.29) is 5.82 Å². The molecule has 0 aliphatic carbocycles. The number of anilines is 1. The molecule has 0 atom stereocenters. The van der Waals surface area contributed by atoms with Gasteiger partial charge in [-0.25, -0.2) is 14.8 Å². The molecule has 16 heavy (non-hydrogen) atoms. The van der Waals surface area contributed by atoms with Crippen LogP contribution in [0.1, 0.15) is 30.2 Å². The highest BCUT2D eigenvalue weighted by atomic mass is 127. The molecule has 6 heteroatoms. The minimum Gasteiger partial charge on any atom is -0.463 e. The average Bonchev–Trinajstić information content (AvgIpc) is 2.22. The van der Waals surface area contributed by atoms with Gasteiger partial charge in [0, 0.05) is 0 Å². The van der Waals surface area contributed by atoms with Gasteiger partial charge in [0.2, 0.25) is 5.82 Å². The predicted molar refractivity (Wildman–Crippen MR) is 69.0 cm³/mol. The van der Waals surface area contributed by atoms with Crippen LogP contribution in [0, 0.1) is 9.49 Å². The number of nitrogens with zero attached hydrogens (tertiary/aromatic N) is 2. The van der Waals surface area contributed by atoms with Crippen molar-refractivity contribution >= 4 is 34.4 Å². The Bertz CT molecular complexity index is 407. The lowest BCUT2D eigenvalue weighted by Crippen LogP contribution is -2.14. The minimum absolute atomic E-state index is 0.0241. The van der Waals surface area contributed by atoms with Crippen molar-refractivity contribution in [3.8, 4) is 0 Å². The van der Waals surface area contributed by atoms with Gasteiger partial charge in [0.1, 0.15) is 5.82 Å². The topological polar surface area (TPSA) is 78.1 Å². The normalized spacial score (nSPS) is 10.6. The van der Waals surface area contributed by atoms with Crippen molar-refractivity contribution in [2.75, 3.05) is 12.8 Å². The highest BCUT2D eigenvalue weighted by molar-refractivity contribution is 14.1. The first-order valence-electron chi connectivity index (χ1n) is 4.86. The minimum atomic E-state index is -0.562. The van der Waals surface area contributed by atoms with Crippen LogP contribution < -0.4 is 5.73 Å². The zero-order chi connectivity index (χ0) is 12.3. The van der Waals surface area contributed by atoms with Gasteiger partial charge in [-0.3, -0.25) is 0 Å². The fourth-order valence-electron chi connectivity index (χ4n) is 1.22. The van der Waals surface area contributed by atoms with E-state index in [0.29, 0.717) is 11.7 Å². The van der Waals surface area contributed by atoms with E-state index in [1.165, 1.54) is 7.11 Å². The monoisotopic (exact) mass is 335 g/mol. The fourth-order valence-corrected chi connectivity index (χ4v) is 1.68. The van der Waals surface area contributed by atoms with E-state index in [2.05, 4.69) is 51.1 Å². The molecule has 0 bridgehead atoms. The van der Waals surface area contributed by atoms with Crippen molar-refractivity contribution in [3.05, 3.63) is 15.1 Å². The van der Waals surface area contributed by atoms with E-state index in [4.69, 9.17) is 5.73 Å². The summed E-state index contributed by atoms with van der Waals surface area (Å²) in [5.74, 6) is 0.226. The first-order chi connectivity index (χ1) is 7.45. The van der Waals surface area contributed by atoms with Crippen molar-refractivity contribution in [2.45, 2.75) is 20.3 Å². The second-order valence-corrected chi connectivity index (χ2v) is 4.86. The standard InChI is InChI=1S/C10H14IN3O2/c1-5(2)4-6-7(11)8(12)14-9(13-6)10(15)16-3/h5H,4H2,1-3H3,(H2,12,13,14). The number of rotatable bonds is 3. The van der Waals surface area contributed by atoms with Gasteiger partial charge in [-0.2, -0.15) is 0 Å². The molecule has 0 radical (unpaired) electrons. The maximum absolute atomic E-state index is 11.3. The third-order valence-electron chi connectivity index (χ3n) is 1.92. The lowest BCUT2D eigenvalue weighted by Gasteiger charge is -2.09. The maximum atomic E-state index is 11.3. The highest BCUT2D eigenvalue weighted by Crippen LogP contribution is 2.19.